The second-order valence-corrected chi connectivity index (χ2v) is 16.3. The Morgan fingerprint density at radius 1 is 1.04 bits per heavy atom. The summed E-state index contributed by atoms with van der Waals surface area (Å²) in [7, 11) is 0. The highest BCUT2D eigenvalue weighted by Crippen LogP contribution is 2.36. The minimum absolute atomic E-state index is 0.0539. The fourth-order valence-electron chi connectivity index (χ4n) is 7.80. The second kappa shape index (κ2) is 15.8. The van der Waals surface area contributed by atoms with Crippen molar-refractivity contribution in [3.63, 3.8) is 0 Å². The van der Waals surface area contributed by atoms with Crippen LogP contribution < -0.4 is 10.6 Å². The van der Waals surface area contributed by atoms with Gasteiger partial charge in [-0.05, 0) is 63.1 Å². The number of thiazole rings is 1. The quantitative estimate of drug-likeness (QED) is 0.220. The molecule has 264 valence electrons. The van der Waals surface area contributed by atoms with E-state index in [-0.39, 0.29) is 24.8 Å². The van der Waals surface area contributed by atoms with Crippen LogP contribution in [0.15, 0.2) is 60.0 Å². The van der Waals surface area contributed by atoms with Gasteiger partial charge in [0.15, 0.2) is 0 Å². The number of aliphatic hydroxyl groups is 2. The number of carbonyl (C=O) groups excluding carboxylic acids is 2. The summed E-state index contributed by atoms with van der Waals surface area (Å²) in [5.41, 5.74) is 3.68. The molecule has 1 saturated carbocycles. The Balaban J connectivity index is 1.13. The van der Waals surface area contributed by atoms with Crippen molar-refractivity contribution in [3.05, 3.63) is 87.4 Å². The summed E-state index contributed by atoms with van der Waals surface area (Å²) in [4.78, 5) is 37.0. The van der Waals surface area contributed by atoms with E-state index in [0.717, 1.165) is 28.9 Å². The van der Waals surface area contributed by atoms with Gasteiger partial charge in [0.25, 0.3) is 0 Å². The van der Waals surface area contributed by atoms with E-state index in [2.05, 4.69) is 25.8 Å². The van der Waals surface area contributed by atoms with Crippen molar-refractivity contribution in [2.75, 3.05) is 26.2 Å². The van der Waals surface area contributed by atoms with Crippen molar-refractivity contribution in [3.8, 4) is 0 Å². The molecule has 6 rings (SSSR count). The van der Waals surface area contributed by atoms with Gasteiger partial charge in [0.05, 0.1) is 29.0 Å². The lowest BCUT2D eigenvalue weighted by Gasteiger charge is -2.42. The zero-order valence-electron chi connectivity index (χ0n) is 29.2. The van der Waals surface area contributed by atoms with Crippen molar-refractivity contribution in [2.45, 2.75) is 108 Å². The monoisotopic (exact) mass is 687 g/mol. The summed E-state index contributed by atoms with van der Waals surface area (Å²) in [5, 5.41) is 32.1. The summed E-state index contributed by atoms with van der Waals surface area (Å²) in [6.45, 7) is 8.86. The Hall–Kier alpha value is -3.15. The van der Waals surface area contributed by atoms with Crippen LogP contribution in [0, 0.1) is 5.92 Å². The van der Waals surface area contributed by atoms with Gasteiger partial charge in [0, 0.05) is 61.9 Å². The van der Waals surface area contributed by atoms with Gasteiger partial charge in [-0.2, -0.15) is 0 Å². The lowest BCUT2D eigenvalue weighted by atomic mass is 9.91. The molecule has 0 spiro atoms. The molecule has 10 heteroatoms. The van der Waals surface area contributed by atoms with Crippen LogP contribution in [0.3, 0.4) is 0 Å². The smallest absolute Gasteiger partial charge is 0.239 e. The lowest BCUT2D eigenvalue weighted by molar-refractivity contribution is -0.132. The van der Waals surface area contributed by atoms with Gasteiger partial charge < -0.3 is 20.8 Å². The molecular weight excluding hydrogens is 635 g/mol. The minimum Gasteiger partial charge on any atom is -0.392 e. The number of rotatable bonds is 12. The Bertz CT molecular complexity index is 1550. The maximum Gasteiger partial charge on any atom is 0.239 e. The summed E-state index contributed by atoms with van der Waals surface area (Å²) in [5.74, 6) is -0.161. The van der Waals surface area contributed by atoms with Crippen LogP contribution in [0.25, 0.3) is 0 Å². The number of piperazine rings is 1. The third-order valence-electron chi connectivity index (χ3n) is 10.2. The molecule has 1 saturated heterocycles. The largest absolute Gasteiger partial charge is 0.392 e. The van der Waals surface area contributed by atoms with E-state index in [0.29, 0.717) is 38.4 Å². The van der Waals surface area contributed by atoms with Crippen LogP contribution in [-0.2, 0) is 29.0 Å². The molecule has 4 N–H and O–H groups in total. The lowest BCUT2D eigenvalue weighted by Crippen LogP contribution is -2.62. The third-order valence-corrected chi connectivity index (χ3v) is 11.3. The number of aromatic nitrogens is 1. The standard InChI is InChI=1S/C39H53N5O4S/c1-39(2,3)42-37(48)33-24-43(22-30-25-49-38(40-30)27-13-7-8-14-27)17-18-44(33)23-31(45)20-29(19-26-11-5-4-6-12-26)36(47)41-35-32-16-10-9-15-28(32)21-34(35)46/h4-6,9-12,15-16,25,27,29,31,33-35,45-46H,7-8,13-14,17-24H2,1-3H3,(H,41,47)(H,42,48)/t29-,31+,33+,34-,35+/m1/s1. The average Bonchev–Trinajstić information content (AvgIpc) is 3.82. The molecule has 2 amide bonds. The molecule has 9 nitrogen and oxygen atoms in total. The minimum atomic E-state index is -0.829. The van der Waals surface area contributed by atoms with Gasteiger partial charge in [-0.3, -0.25) is 19.4 Å². The maximum absolute atomic E-state index is 13.9. The molecule has 0 bridgehead atoms. The molecular formula is C39H53N5O4S. The van der Waals surface area contributed by atoms with Crippen molar-refractivity contribution in [1.82, 2.24) is 25.4 Å². The molecule has 49 heavy (non-hydrogen) atoms. The van der Waals surface area contributed by atoms with Crippen molar-refractivity contribution < 1.29 is 19.8 Å². The summed E-state index contributed by atoms with van der Waals surface area (Å²) < 4.78 is 0. The first kappa shape index (κ1) is 35.7. The number of hydrogen-bond donors (Lipinski definition) is 4. The zero-order valence-corrected chi connectivity index (χ0v) is 30.0. The molecule has 3 aliphatic rings. The van der Waals surface area contributed by atoms with Gasteiger partial charge in [-0.1, -0.05) is 67.4 Å². The topological polar surface area (TPSA) is 118 Å². The molecule has 2 aliphatic carbocycles. The first-order valence-electron chi connectivity index (χ1n) is 18.0. The number of carbonyl (C=O) groups is 2. The van der Waals surface area contributed by atoms with Gasteiger partial charge in [-0.15, -0.1) is 11.3 Å². The Morgan fingerprint density at radius 2 is 1.78 bits per heavy atom. The number of aliphatic hydroxyl groups excluding tert-OH is 2. The summed E-state index contributed by atoms with van der Waals surface area (Å²) in [6, 6.07) is 16.8. The summed E-state index contributed by atoms with van der Waals surface area (Å²) >= 11 is 1.77. The van der Waals surface area contributed by atoms with E-state index in [1.165, 1.54) is 30.7 Å². The predicted molar refractivity (Wildman–Crippen MR) is 193 cm³/mol. The molecule has 1 aromatic heterocycles. The zero-order chi connectivity index (χ0) is 34.5. The van der Waals surface area contributed by atoms with Crippen LogP contribution in [-0.4, -0.2) is 86.8 Å². The molecule has 0 radical (unpaired) electrons. The van der Waals surface area contributed by atoms with Gasteiger partial charge in [-0.25, -0.2) is 4.98 Å². The second-order valence-electron chi connectivity index (χ2n) is 15.4. The Kier molecular flexibility index (Phi) is 11.5. The third kappa shape index (κ3) is 9.35. The number of fused-ring (bicyclic) bond motifs is 1. The van der Waals surface area contributed by atoms with E-state index in [1.807, 2.05) is 75.4 Å². The van der Waals surface area contributed by atoms with Crippen molar-refractivity contribution in [2.24, 2.45) is 5.92 Å². The van der Waals surface area contributed by atoms with Crippen LogP contribution in [0.2, 0.25) is 0 Å². The average molecular weight is 688 g/mol. The SMILES string of the molecule is CC(C)(C)NC(=O)[C@@H]1CN(Cc2csc(C3CCCC3)n2)CCN1C[C@@H](O)C[C@@H](Cc1ccccc1)C(=O)N[C@H]1c2ccccc2C[C@H]1O. The normalized spacial score (nSPS) is 23.2. The van der Waals surface area contributed by atoms with Crippen molar-refractivity contribution >= 4 is 23.2 Å². The highest BCUT2D eigenvalue weighted by molar-refractivity contribution is 7.09. The van der Waals surface area contributed by atoms with Gasteiger partial charge in [0.2, 0.25) is 11.8 Å². The fraction of sp³-hybridized carbons (Fsp3) is 0.564. The Morgan fingerprint density at radius 3 is 2.53 bits per heavy atom. The molecule has 2 heterocycles. The van der Waals surface area contributed by atoms with Crippen LogP contribution in [0.5, 0.6) is 0 Å². The molecule has 0 unspecified atom stereocenters. The number of benzene rings is 2. The predicted octanol–water partition coefficient (Wildman–Crippen LogP) is 4.59. The first-order valence-corrected chi connectivity index (χ1v) is 18.9. The highest BCUT2D eigenvalue weighted by Gasteiger charge is 2.37. The highest BCUT2D eigenvalue weighted by atomic mass is 32.1. The van der Waals surface area contributed by atoms with Gasteiger partial charge >= 0.3 is 0 Å². The number of β-amino-alcohol motifs (C(OH)–C–C–N with tert-alkyl or cyclic N) is 1. The number of nitrogens with zero attached hydrogens (tertiary/aromatic N) is 3. The number of hydrogen-bond acceptors (Lipinski definition) is 8. The molecule has 3 aromatic rings. The van der Waals surface area contributed by atoms with E-state index < -0.39 is 35.7 Å². The summed E-state index contributed by atoms with van der Waals surface area (Å²) in [6.07, 6.45) is 4.71. The fourth-order valence-corrected chi connectivity index (χ4v) is 8.78. The maximum atomic E-state index is 13.9. The first-order chi connectivity index (χ1) is 23.5. The van der Waals surface area contributed by atoms with E-state index in [1.54, 1.807) is 11.3 Å². The molecule has 1 aliphatic heterocycles. The van der Waals surface area contributed by atoms with Crippen LogP contribution in [0.4, 0.5) is 0 Å². The molecule has 5 atom stereocenters. The molecule has 2 fully saturated rings. The van der Waals surface area contributed by atoms with Gasteiger partial charge in [0.1, 0.15) is 6.04 Å². The van der Waals surface area contributed by atoms with Crippen LogP contribution in [0.1, 0.15) is 92.2 Å². The van der Waals surface area contributed by atoms with E-state index in [4.69, 9.17) is 4.98 Å². The van der Waals surface area contributed by atoms with E-state index in [9.17, 15) is 19.8 Å². The number of nitrogens with one attached hydrogen (secondary N) is 2. The van der Waals surface area contributed by atoms with E-state index >= 15 is 0 Å². The molecule has 2 aromatic carbocycles. The Labute approximate surface area is 295 Å². The number of amides is 2. The van der Waals surface area contributed by atoms with Crippen molar-refractivity contribution in [1.29, 1.82) is 0 Å². The van der Waals surface area contributed by atoms with Crippen LogP contribution >= 0.6 is 11.3 Å².